The Bertz CT molecular complexity index is 1130. The Balaban J connectivity index is 1.30. The number of hydrogen-bond acceptors (Lipinski definition) is 6. The van der Waals surface area contributed by atoms with Gasteiger partial charge in [0.2, 0.25) is 5.95 Å². The first kappa shape index (κ1) is 20.5. The minimum absolute atomic E-state index is 0.0402. The standard InChI is InChI=1S/C24H27FN6O/c1-29(23-26-13-10-22(32)28-23)19-11-14-30(15-12-19)24-27-20-4-2-3-5-21(20)31(24)16-17-6-8-18(25)9-7-17/h2-10,13,19,24,27H,11-12,14-16H2,1H3,(H,26,28,32). The lowest BCUT2D eigenvalue weighted by Gasteiger charge is -2.42. The summed E-state index contributed by atoms with van der Waals surface area (Å²) in [5.74, 6) is 0.394. The van der Waals surface area contributed by atoms with Gasteiger partial charge in [0, 0.05) is 45.0 Å². The van der Waals surface area contributed by atoms with Crippen molar-refractivity contribution < 1.29 is 4.39 Å². The molecule has 0 aliphatic carbocycles. The zero-order chi connectivity index (χ0) is 22.1. The molecule has 2 aliphatic heterocycles. The molecule has 5 rings (SSSR count). The molecule has 3 aromatic rings. The first-order valence-corrected chi connectivity index (χ1v) is 11.0. The highest BCUT2D eigenvalue weighted by molar-refractivity contribution is 5.75. The topological polar surface area (TPSA) is 67.5 Å². The first-order chi connectivity index (χ1) is 15.6. The average molecular weight is 435 g/mol. The van der Waals surface area contributed by atoms with E-state index in [0.29, 0.717) is 18.5 Å². The lowest BCUT2D eigenvalue weighted by Crippen LogP contribution is -2.54. The highest BCUT2D eigenvalue weighted by atomic mass is 19.1. The molecule has 1 saturated heterocycles. The minimum Gasteiger partial charge on any atom is -0.351 e. The molecule has 166 valence electrons. The molecule has 7 nitrogen and oxygen atoms in total. The van der Waals surface area contributed by atoms with Crippen molar-refractivity contribution in [3.63, 3.8) is 0 Å². The summed E-state index contributed by atoms with van der Waals surface area (Å²) in [6.45, 7) is 2.53. The number of rotatable bonds is 5. The van der Waals surface area contributed by atoms with Crippen molar-refractivity contribution in [2.24, 2.45) is 0 Å². The summed E-state index contributed by atoms with van der Waals surface area (Å²) in [6.07, 6.45) is 3.52. The number of anilines is 3. The Hall–Kier alpha value is -3.39. The van der Waals surface area contributed by atoms with Crippen molar-refractivity contribution in [3.05, 3.63) is 82.5 Å². The van der Waals surface area contributed by atoms with Crippen LogP contribution in [-0.2, 0) is 6.54 Å². The van der Waals surface area contributed by atoms with Crippen LogP contribution in [0.15, 0.2) is 65.6 Å². The van der Waals surface area contributed by atoms with Gasteiger partial charge in [-0.15, -0.1) is 0 Å². The van der Waals surface area contributed by atoms with E-state index in [9.17, 15) is 9.18 Å². The number of para-hydroxylation sites is 2. The summed E-state index contributed by atoms with van der Waals surface area (Å²) >= 11 is 0. The van der Waals surface area contributed by atoms with Crippen LogP contribution >= 0.6 is 0 Å². The van der Waals surface area contributed by atoms with E-state index in [4.69, 9.17) is 0 Å². The van der Waals surface area contributed by atoms with Crippen molar-refractivity contribution >= 4 is 17.3 Å². The summed E-state index contributed by atoms with van der Waals surface area (Å²) in [7, 11) is 1.99. The number of likely N-dealkylation sites (tertiary alicyclic amines) is 1. The molecule has 2 aromatic carbocycles. The van der Waals surface area contributed by atoms with Gasteiger partial charge >= 0.3 is 0 Å². The Morgan fingerprint density at radius 1 is 1.09 bits per heavy atom. The monoisotopic (exact) mass is 434 g/mol. The van der Waals surface area contributed by atoms with E-state index < -0.39 is 0 Å². The fourth-order valence-electron chi connectivity index (χ4n) is 4.67. The maximum Gasteiger partial charge on any atom is 0.252 e. The summed E-state index contributed by atoms with van der Waals surface area (Å²) < 4.78 is 13.4. The second-order valence-corrected chi connectivity index (χ2v) is 8.43. The maximum atomic E-state index is 13.4. The molecule has 0 radical (unpaired) electrons. The number of aromatic amines is 1. The molecule has 0 amide bonds. The summed E-state index contributed by atoms with van der Waals surface area (Å²) in [5, 5.41) is 3.67. The molecule has 1 fully saturated rings. The van der Waals surface area contributed by atoms with Crippen molar-refractivity contribution in [1.82, 2.24) is 14.9 Å². The molecule has 0 bridgehead atoms. The zero-order valence-corrected chi connectivity index (χ0v) is 18.0. The second kappa shape index (κ2) is 8.63. The molecule has 2 N–H and O–H groups in total. The predicted molar refractivity (Wildman–Crippen MR) is 124 cm³/mol. The molecule has 1 atom stereocenters. The lowest BCUT2D eigenvalue weighted by atomic mass is 10.0. The highest BCUT2D eigenvalue weighted by Crippen LogP contribution is 2.37. The van der Waals surface area contributed by atoms with Crippen molar-refractivity contribution in [2.75, 3.05) is 35.3 Å². The molecular formula is C24H27FN6O. The Kier molecular flexibility index (Phi) is 5.53. The zero-order valence-electron chi connectivity index (χ0n) is 18.0. The highest BCUT2D eigenvalue weighted by Gasteiger charge is 2.35. The van der Waals surface area contributed by atoms with E-state index in [1.54, 1.807) is 6.20 Å². The number of hydrogen-bond donors (Lipinski definition) is 2. The van der Waals surface area contributed by atoms with Gasteiger partial charge in [0.25, 0.3) is 5.56 Å². The molecule has 1 unspecified atom stereocenters. The van der Waals surface area contributed by atoms with Crippen molar-refractivity contribution in [1.29, 1.82) is 0 Å². The fourth-order valence-corrected chi connectivity index (χ4v) is 4.67. The Morgan fingerprint density at radius 3 is 2.59 bits per heavy atom. The number of piperidine rings is 1. The van der Waals surface area contributed by atoms with Gasteiger partial charge < -0.3 is 15.1 Å². The van der Waals surface area contributed by atoms with Gasteiger partial charge in [-0.05, 0) is 42.7 Å². The first-order valence-electron chi connectivity index (χ1n) is 11.0. The van der Waals surface area contributed by atoms with E-state index in [1.807, 2.05) is 25.2 Å². The van der Waals surface area contributed by atoms with Crippen molar-refractivity contribution in [3.8, 4) is 0 Å². The largest absolute Gasteiger partial charge is 0.351 e. The quantitative estimate of drug-likeness (QED) is 0.643. The number of nitrogens with one attached hydrogen (secondary N) is 2. The summed E-state index contributed by atoms with van der Waals surface area (Å²) in [4.78, 5) is 25.7. The Labute approximate surface area is 186 Å². The SMILES string of the molecule is CN(c1nccc(=O)[nH]1)C1CCN(C2Nc3ccccc3N2Cc2ccc(F)cc2)CC1. The van der Waals surface area contributed by atoms with Gasteiger partial charge in [-0.3, -0.25) is 14.7 Å². The van der Waals surface area contributed by atoms with Gasteiger partial charge in [-0.1, -0.05) is 24.3 Å². The van der Waals surface area contributed by atoms with Gasteiger partial charge in [0.15, 0.2) is 6.29 Å². The van der Waals surface area contributed by atoms with Gasteiger partial charge in [0.05, 0.1) is 11.4 Å². The van der Waals surface area contributed by atoms with Crippen LogP contribution in [0.2, 0.25) is 0 Å². The van der Waals surface area contributed by atoms with Crippen LogP contribution in [0.3, 0.4) is 0 Å². The summed E-state index contributed by atoms with van der Waals surface area (Å²) in [5.41, 5.74) is 3.21. The molecule has 0 spiro atoms. The third kappa shape index (κ3) is 4.05. The molecular weight excluding hydrogens is 407 g/mol. The lowest BCUT2D eigenvalue weighted by molar-refractivity contribution is 0.164. The third-order valence-electron chi connectivity index (χ3n) is 6.44. The van der Waals surface area contributed by atoms with Crippen LogP contribution < -0.4 is 20.7 Å². The van der Waals surface area contributed by atoms with Crippen LogP contribution in [0, 0.1) is 5.82 Å². The number of fused-ring (bicyclic) bond motifs is 1. The van der Waals surface area contributed by atoms with Crippen LogP contribution in [0.1, 0.15) is 18.4 Å². The molecule has 2 aliphatic rings. The fraction of sp³-hybridized carbons (Fsp3) is 0.333. The van der Waals surface area contributed by atoms with E-state index >= 15 is 0 Å². The summed E-state index contributed by atoms with van der Waals surface area (Å²) in [6, 6.07) is 16.8. The van der Waals surface area contributed by atoms with Gasteiger partial charge in [-0.25, -0.2) is 9.37 Å². The van der Waals surface area contributed by atoms with E-state index in [-0.39, 0.29) is 17.7 Å². The van der Waals surface area contributed by atoms with E-state index in [2.05, 4.69) is 48.2 Å². The van der Waals surface area contributed by atoms with E-state index in [0.717, 1.165) is 42.9 Å². The Morgan fingerprint density at radius 2 is 1.84 bits per heavy atom. The number of nitrogens with zero attached hydrogens (tertiary/aromatic N) is 4. The molecule has 8 heteroatoms. The molecule has 32 heavy (non-hydrogen) atoms. The van der Waals surface area contributed by atoms with Gasteiger partial charge in [-0.2, -0.15) is 0 Å². The van der Waals surface area contributed by atoms with Crippen molar-refractivity contribution in [2.45, 2.75) is 31.7 Å². The second-order valence-electron chi connectivity index (χ2n) is 8.43. The van der Waals surface area contributed by atoms with Crippen LogP contribution in [0.4, 0.5) is 21.7 Å². The van der Waals surface area contributed by atoms with Crippen LogP contribution in [0.5, 0.6) is 0 Å². The number of H-pyrrole nitrogens is 1. The van der Waals surface area contributed by atoms with Gasteiger partial charge in [0.1, 0.15) is 5.82 Å². The molecule has 0 saturated carbocycles. The van der Waals surface area contributed by atoms with Crippen LogP contribution in [-0.4, -0.2) is 47.3 Å². The maximum absolute atomic E-state index is 13.4. The normalized spacial score (nSPS) is 18.9. The van der Waals surface area contributed by atoms with Crippen LogP contribution in [0.25, 0.3) is 0 Å². The molecule has 3 heterocycles. The smallest absolute Gasteiger partial charge is 0.252 e. The predicted octanol–water partition coefficient (Wildman–Crippen LogP) is 3.23. The van der Waals surface area contributed by atoms with E-state index in [1.165, 1.54) is 18.2 Å². The minimum atomic E-state index is -0.217. The number of halogens is 1. The number of aromatic nitrogens is 2. The number of benzene rings is 2. The molecule has 1 aromatic heterocycles. The third-order valence-corrected chi connectivity index (χ3v) is 6.44. The average Bonchev–Trinajstić information content (AvgIpc) is 3.18.